The second-order valence-electron chi connectivity index (χ2n) is 4.34. The zero-order valence-electron chi connectivity index (χ0n) is 12.5. The lowest BCUT2D eigenvalue weighted by Gasteiger charge is -2.13. The van der Waals surface area contributed by atoms with Gasteiger partial charge in [-0.1, -0.05) is 11.6 Å². The first-order valence-corrected chi connectivity index (χ1v) is 8.75. The van der Waals surface area contributed by atoms with E-state index >= 15 is 0 Å². The number of fused-ring (bicyclic) bond motifs is 1. The summed E-state index contributed by atoms with van der Waals surface area (Å²) in [5, 5.41) is 2.63. The van der Waals surface area contributed by atoms with Crippen LogP contribution < -0.4 is 5.09 Å². The van der Waals surface area contributed by atoms with Gasteiger partial charge in [0.05, 0.1) is 30.1 Å². The number of imidazole rings is 1. The molecule has 0 aliphatic rings. The SMILES string of the molecule is CCOC(=O)c1cn2c(CNP(=O)(O)OCC)c(Cl)cnc2n1. The van der Waals surface area contributed by atoms with E-state index in [2.05, 4.69) is 15.1 Å². The van der Waals surface area contributed by atoms with Crippen LogP contribution in [0.15, 0.2) is 12.4 Å². The average molecular weight is 363 g/mol. The molecule has 2 N–H and O–H groups in total. The van der Waals surface area contributed by atoms with E-state index in [0.29, 0.717) is 5.69 Å². The van der Waals surface area contributed by atoms with E-state index in [9.17, 15) is 14.3 Å². The fraction of sp³-hybridized carbons (Fsp3) is 0.417. The first-order chi connectivity index (χ1) is 10.9. The van der Waals surface area contributed by atoms with Crippen molar-refractivity contribution in [2.24, 2.45) is 0 Å². The van der Waals surface area contributed by atoms with E-state index in [-0.39, 0.29) is 36.3 Å². The lowest BCUT2D eigenvalue weighted by Crippen LogP contribution is -2.15. The highest BCUT2D eigenvalue weighted by molar-refractivity contribution is 7.50. The van der Waals surface area contributed by atoms with Gasteiger partial charge < -0.3 is 9.63 Å². The van der Waals surface area contributed by atoms with Crippen LogP contribution in [0.1, 0.15) is 30.0 Å². The Kier molecular flexibility index (Phi) is 5.72. The van der Waals surface area contributed by atoms with Crippen molar-refractivity contribution in [3.63, 3.8) is 0 Å². The smallest absolute Gasteiger partial charge is 0.403 e. The van der Waals surface area contributed by atoms with Crippen LogP contribution in [0.4, 0.5) is 0 Å². The summed E-state index contributed by atoms with van der Waals surface area (Å²) in [7, 11) is -3.93. The van der Waals surface area contributed by atoms with Crippen LogP contribution in [0.3, 0.4) is 0 Å². The summed E-state index contributed by atoms with van der Waals surface area (Å²) in [6.45, 7) is 3.51. The van der Waals surface area contributed by atoms with Crippen LogP contribution >= 0.6 is 19.3 Å². The third-order valence-electron chi connectivity index (χ3n) is 2.78. The lowest BCUT2D eigenvalue weighted by atomic mass is 10.4. The van der Waals surface area contributed by atoms with Crippen LogP contribution in [-0.2, 0) is 20.4 Å². The van der Waals surface area contributed by atoms with Gasteiger partial charge >= 0.3 is 13.7 Å². The number of carbonyl (C=O) groups excluding carboxylic acids is 1. The van der Waals surface area contributed by atoms with Gasteiger partial charge in [-0.25, -0.2) is 24.4 Å². The van der Waals surface area contributed by atoms with E-state index in [1.807, 2.05) is 0 Å². The van der Waals surface area contributed by atoms with Gasteiger partial charge in [0.2, 0.25) is 5.78 Å². The summed E-state index contributed by atoms with van der Waals surface area (Å²) in [5.74, 6) is -0.367. The van der Waals surface area contributed by atoms with Crippen molar-refractivity contribution >= 4 is 31.1 Å². The highest BCUT2D eigenvalue weighted by atomic mass is 35.5. The molecule has 0 saturated carbocycles. The number of hydrogen-bond donors (Lipinski definition) is 2. The third-order valence-corrected chi connectivity index (χ3v) is 4.26. The molecule has 1 unspecified atom stereocenters. The van der Waals surface area contributed by atoms with E-state index in [4.69, 9.17) is 20.9 Å². The molecule has 0 spiro atoms. The molecule has 0 fully saturated rings. The molecule has 2 rings (SSSR count). The Labute approximate surface area is 137 Å². The molecule has 1 atom stereocenters. The molecular weight excluding hydrogens is 347 g/mol. The minimum atomic E-state index is -3.93. The normalized spacial score (nSPS) is 13.9. The van der Waals surface area contributed by atoms with Crippen molar-refractivity contribution in [1.29, 1.82) is 0 Å². The lowest BCUT2D eigenvalue weighted by molar-refractivity contribution is 0.0520. The monoisotopic (exact) mass is 362 g/mol. The maximum absolute atomic E-state index is 11.7. The number of esters is 1. The number of carbonyl (C=O) groups is 1. The Bertz CT molecular complexity index is 765. The highest BCUT2D eigenvalue weighted by Crippen LogP contribution is 2.37. The van der Waals surface area contributed by atoms with E-state index in [1.54, 1.807) is 13.8 Å². The van der Waals surface area contributed by atoms with Crippen LogP contribution in [0.25, 0.3) is 5.78 Å². The number of rotatable bonds is 7. The van der Waals surface area contributed by atoms with Crippen LogP contribution in [0.2, 0.25) is 5.02 Å². The molecule has 11 heteroatoms. The van der Waals surface area contributed by atoms with Crippen molar-refractivity contribution in [1.82, 2.24) is 19.5 Å². The Morgan fingerprint density at radius 3 is 2.87 bits per heavy atom. The van der Waals surface area contributed by atoms with E-state index in [0.717, 1.165) is 0 Å². The molecule has 126 valence electrons. The Morgan fingerprint density at radius 2 is 2.22 bits per heavy atom. The molecule has 0 saturated heterocycles. The number of nitrogens with one attached hydrogen (secondary N) is 1. The maximum atomic E-state index is 11.7. The minimum absolute atomic E-state index is 0.0693. The molecule has 0 radical (unpaired) electrons. The molecule has 9 nitrogen and oxygen atoms in total. The summed E-state index contributed by atoms with van der Waals surface area (Å²) in [4.78, 5) is 29.3. The molecule has 0 bridgehead atoms. The Morgan fingerprint density at radius 1 is 1.48 bits per heavy atom. The molecule has 0 aromatic carbocycles. The fourth-order valence-electron chi connectivity index (χ4n) is 1.83. The number of halogens is 1. The third kappa shape index (κ3) is 4.27. The quantitative estimate of drug-likeness (QED) is 0.565. The van der Waals surface area contributed by atoms with Crippen molar-refractivity contribution in [3.05, 3.63) is 28.8 Å². The second kappa shape index (κ2) is 7.37. The minimum Gasteiger partial charge on any atom is -0.461 e. The van der Waals surface area contributed by atoms with E-state index in [1.165, 1.54) is 16.8 Å². The van der Waals surface area contributed by atoms with Crippen molar-refractivity contribution in [2.45, 2.75) is 20.4 Å². The molecule has 2 aromatic heterocycles. The number of aromatic nitrogens is 3. The first-order valence-electron chi connectivity index (χ1n) is 6.80. The van der Waals surface area contributed by atoms with Gasteiger partial charge in [-0.3, -0.25) is 8.92 Å². The molecule has 23 heavy (non-hydrogen) atoms. The second-order valence-corrected chi connectivity index (χ2v) is 6.36. The van der Waals surface area contributed by atoms with Gasteiger partial charge in [0.25, 0.3) is 0 Å². The fourth-order valence-corrected chi connectivity index (χ4v) is 2.83. The molecular formula is C12H16ClN4O5P. The van der Waals surface area contributed by atoms with Gasteiger partial charge in [-0.05, 0) is 13.8 Å². The maximum Gasteiger partial charge on any atom is 0.403 e. The van der Waals surface area contributed by atoms with Crippen molar-refractivity contribution in [3.8, 4) is 0 Å². The average Bonchev–Trinajstić information content (AvgIpc) is 2.90. The van der Waals surface area contributed by atoms with Gasteiger partial charge in [0.15, 0.2) is 5.69 Å². The molecule has 0 amide bonds. The topological polar surface area (TPSA) is 115 Å². The highest BCUT2D eigenvalue weighted by Gasteiger charge is 2.21. The standard InChI is InChI=1S/C12H16ClN4O5P/c1-3-21-11(18)9-7-17-10(6-15-23(19,20)22-4-2)8(13)5-14-12(17)16-9/h5,7H,3-4,6H2,1-2H3,(H2,15,19,20). The molecule has 0 aliphatic carbocycles. The first kappa shape index (κ1) is 17.8. The number of hydrogen-bond acceptors (Lipinski definition) is 6. The summed E-state index contributed by atoms with van der Waals surface area (Å²) < 4.78 is 22.7. The van der Waals surface area contributed by atoms with Crippen molar-refractivity contribution < 1.29 is 23.5 Å². The molecule has 0 aliphatic heterocycles. The van der Waals surface area contributed by atoms with Crippen LogP contribution in [0.5, 0.6) is 0 Å². The van der Waals surface area contributed by atoms with Gasteiger partial charge in [-0.2, -0.15) is 0 Å². The van der Waals surface area contributed by atoms with Gasteiger partial charge in [0, 0.05) is 12.7 Å². The Balaban J connectivity index is 2.33. The van der Waals surface area contributed by atoms with Crippen LogP contribution in [0, 0.1) is 0 Å². The predicted molar refractivity (Wildman–Crippen MR) is 82.2 cm³/mol. The predicted octanol–water partition coefficient (Wildman–Crippen LogP) is 1.79. The summed E-state index contributed by atoms with van der Waals surface area (Å²) >= 11 is 6.08. The largest absolute Gasteiger partial charge is 0.461 e. The summed E-state index contributed by atoms with van der Waals surface area (Å²) in [6, 6.07) is 0. The van der Waals surface area contributed by atoms with Gasteiger partial charge in [-0.15, -0.1) is 0 Å². The summed E-state index contributed by atoms with van der Waals surface area (Å²) in [5.41, 5.74) is 0.480. The zero-order valence-corrected chi connectivity index (χ0v) is 14.2. The molecule has 2 aromatic rings. The Hall–Kier alpha value is -1.51. The number of ether oxygens (including phenoxy) is 1. The van der Waals surface area contributed by atoms with Crippen molar-refractivity contribution in [2.75, 3.05) is 13.2 Å². The zero-order chi connectivity index (χ0) is 17.0. The molecule has 2 heterocycles. The van der Waals surface area contributed by atoms with Gasteiger partial charge in [0.1, 0.15) is 0 Å². The van der Waals surface area contributed by atoms with E-state index < -0.39 is 13.7 Å². The summed E-state index contributed by atoms with van der Waals surface area (Å²) in [6.07, 6.45) is 2.75. The number of nitrogens with zero attached hydrogens (tertiary/aromatic N) is 3. The van der Waals surface area contributed by atoms with Crippen LogP contribution in [-0.4, -0.2) is 38.4 Å².